The van der Waals surface area contributed by atoms with Crippen LogP contribution in [-0.4, -0.2) is 23.9 Å². The third kappa shape index (κ3) is 3.01. The van der Waals surface area contributed by atoms with Crippen LogP contribution in [0.3, 0.4) is 0 Å². The predicted molar refractivity (Wildman–Crippen MR) is 69.4 cm³/mol. The van der Waals surface area contributed by atoms with Crippen molar-refractivity contribution in [2.24, 2.45) is 5.92 Å². The minimum Gasteiger partial charge on any atom is -0.390 e. The van der Waals surface area contributed by atoms with Crippen molar-refractivity contribution in [1.29, 1.82) is 0 Å². The van der Waals surface area contributed by atoms with Gasteiger partial charge in [0.25, 0.3) is 0 Å². The van der Waals surface area contributed by atoms with Crippen molar-refractivity contribution in [3.63, 3.8) is 0 Å². The molecular weight excluding hydrogens is 236 g/mol. The average Bonchev–Trinajstić information content (AvgIpc) is 2.68. The molecule has 0 bridgehead atoms. The molecule has 0 aliphatic carbocycles. The molecule has 1 aliphatic rings. The van der Waals surface area contributed by atoms with Gasteiger partial charge in [-0.15, -0.1) is 0 Å². The summed E-state index contributed by atoms with van der Waals surface area (Å²) < 4.78 is 5.57. The Balaban J connectivity index is 2.04. The van der Waals surface area contributed by atoms with Crippen molar-refractivity contribution in [3.05, 3.63) is 34.3 Å². The van der Waals surface area contributed by atoms with E-state index in [2.05, 4.69) is 6.92 Å². The summed E-state index contributed by atoms with van der Waals surface area (Å²) in [6.07, 6.45) is 1.08. The highest BCUT2D eigenvalue weighted by molar-refractivity contribution is 6.31. The first-order valence-corrected chi connectivity index (χ1v) is 6.50. The molecule has 1 aromatic carbocycles. The van der Waals surface area contributed by atoms with E-state index in [0.29, 0.717) is 12.3 Å². The molecule has 2 nitrogen and oxygen atoms in total. The van der Waals surface area contributed by atoms with E-state index in [9.17, 15) is 5.11 Å². The van der Waals surface area contributed by atoms with E-state index in [1.807, 2.05) is 25.1 Å². The number of aryl methyl sites for hydroxylation is 1. The van der Waals surface area contributed by atoms with E-state index >= 15 is 0 Å². The first-order chi connectivity index (χ1) is 8.08. The van der Waals surface area contributed by atoms with Crippen molar-refractivity contribution >= 4 is 11.6 Å². The Kier molecular flexibility index (Phi) is 4.08. The number of ether oxygens (including phenoxy) is 1. The quantitative estimate of drug-likeness (QED) is 0.899. The minimum atomic E-state index is -0.465. The van der Waals surface area contributed by atoms with Gasteiger partial charge in [0.1, 0.15) is 0 Å². The van der Waals surface area contributed by atoms with E-state index < -0.39 is 6.10 Å². The molecule has 17 heavy (non-hydrogen) atoms. The summed E-state index contributed by atoms with van der Waals surface area (Å²) in [5.41, 5.74) is 2.13. The fraction of sp³-hybridized carbons (Fsp3) is 0.571. The summed E-state index contributed by atoms with van der Waals surface area (Å²) in [5, 5.41) is 10.9. The van der Waals surface area contributed by atoms with Crippen LogP contribution in [0.2, 0.25) is 5.02 Å². The zero-order valence-corrected chi connectivity index (χ0v) is 11.1. The molecule has 3 unspecified atom stereocenters. The highest BCUT2D eigenvalue weighted by atomic mass is 35.5. The van der Waals surface area contributed by atoms with Crippen LogP contribution in [0.15, 0.2) is 18.2 Å². The molecule has 1 N–H and O–H groups in total. The fourth-order valence-electron chi connectivity index (χ4n) is 2.37. The van der Waals surface area contributed by atoms with Gasteiger partial charge in [-0.05, 0) is 36.5 Å². The van der Waals surface area contributed by atoms with Gasteiger partial charge in [-0.2, -0.15) is 0 Å². The Labute approximate surface area is 108 Å². The molecule has 94 valence electrons. The van der Waals surface area contributed by atoms with Crippen LogP contribution >= 0.6 is 11.6 Å². The summed E-state index contributed by atoms with van der Waals surface area (Å²) in [6.45, 7) is 4.89. The van der Waals surface area contributed by atoms with Crippen LogP contribution in [0.4, 0.5) is 0 Å². The van der Waals surface area contributed by atoms with Gasteiger partial charge in [-0.25, -0.2) is 0 Å². The molecule has 1 heterocycles. The van der Waals surface area contributed by atoms with Gasteiger partial charge in [0.05, 0.1) is 12.2 Å². The molecule has 0 radical (unpaired) electrons. The maximum atomic E-state index is 10.2. The maximum Gasteiger partial charge on any atom is 0.0863 e. The van der Waals surface area contributed by atoms with Gasteiger partial charge in [-0.3, -0.25) is 0 Å². The molecule has 0 saturated carbocycles. The van der Waals surface area contributed by atoms with Crippen LogP contribution in [0.1, 0.15) is 24.5 Å². The number of hydrogen-bond acceptors (Lipinski definition) is 2. The van der Waals surface area contributed by atoms with E-state index in [4.69, 9.17) is 16.3 Å². The van der Waals surface area contributed by atoms with Crippen molar-refractivity contribution in [1.82, 2.24) is 0 Å². The zero-order valence-electron chi connectivity index (χ0n) is 10.3. The molecule has 1 saturated heterocycles. The van der Waals surface area contributed by atoms with Crippen LogP contribution in [0.25, 0.3) is 0 Å². The van der Waals surface area contributed by atoms with E-state index in [0.717, 1.165) is 29.2 Å². The lowest BCUT2D eigenvalue weighted by atomic mass is 9.95. The number of halogens is 1. The molecular formula is C14H19ClO2. The minimum absolute atomic E-state index is 0.0487. The fourth-order valence-corrected chi connectivity index (χ4v) is 2.68. The number of hydrogen-bond donors (Lipinski definition) is 1. The Bertz CT molecular complexity index is 392. The van der Waals surface area contributed by atoms with Crippen LogP contribution in [0, 0.1) is 12.8 Å². The van der Waals surface area contributed by atoms with Gasteiger partial charge in [0, 0.05) is 18.1 Å². The number of rotatable bonds is 3. The lowest BCUT2D eigenvalue weighted by molar-refractivity contribution is -0.0157. The molecule has 3 atom stereocenters. The number of aliphatic hydroxyl groups excluding tert-OH is 1. The van der Waals surface area contributed by atoms with Crippen LogP contribution in [-0.2, 0) is 11.2 Å². The Morgan fingerprint density at radius 1 is 1.53 bits per heavy atom. The summed E-state index contributed by atoms with van der Waals surface area (Å²) in [4.78, 5) is 0. The monoisotopic (exact) mass is 254 g/mol. The van der Waals surface area contributed by atoms with Crippen molar-refractivity contribution in [2.75, 3.05) is 6.61 Å². The molecule has 3 heteroatoms. The first-order valence-electron chi connectivity index (χ1n) is 6.12. The topological polar surface area (TPSA) is 29.5 Å². The van der Waals surface area contributed by atoms with Gasteiger partial charge in [0.2, 0.25) is 0 Å². The SMILES string of the molecule is Cc1ccc(CC(O)C2OCCC2C)c(Cl)c1. The molecule has 1 fully saturated rings. The summed E-state index contributed by atoms with van der Waals surface area (Å²) in [5.74, 6) is 0.425. The molecule has 0 spiro atoms. The molecule has 0 amide bonds. The second kappa shape index (κ2) is 5.38. The second-order valence-electron chi connectivity index (χ2n) is 4.97. The third-order valence-electron chi connectivity index (χ3n) is 3.46. The summed E-state index contributed by atoms with van der Waals surface area (Å²) >= 11 is 6.16. The predicted octanol–water partition coefficient (Wildman–Crippen LogP) is 2.98. The largest absolute Gasteiger partial charge is 0.390 e. The second-order valence-corrected chi connectivity index (χ2v) is 5.37. The van der Waals surface area contributed by atoms with Crippen LogP contribution in [0.5, 0.6) is 0 Å². The summed E-state index contributed by atoms with van der Waals surface area (Å²) in [7, 11) is 0. The van der Waals surface area contributed by atoms with Gasteiger partial charge < -0.3 is 9.84 Å². The third-order valence-corrected chi connectivity index (χ3v) is 3.81. The number of benzene rings is 1. The van der Waals surface area contributed by atoms with Gasteiger partial charge >= 0.3 is 0 Å². The van der Waals surface area contributed by atoms with Gasteiger partial charge in [-0.1, -0.05) is 30.7 Å². The Morgan fingerprint density at radius 3 is 2.88 bits per heavy atom. The van der Waals surface area contributed by atoms with Crippen molar-refractivity contribution < 1.29 is 9.84 Å². The highest BCUT2D eigenvalue weighted by Crippen LogP contribution is 2.26. The standard InChI is InChI=1S/C14H19ClO2/c1-9-3-4-11(12(15)7-9)8-13(16)14-10(2)5-6-17-14/h3-4,7,10,13-14,16H,5-6,8H2,1-2H3. The zero-order chi connectivity index (χ0) is 12.4. The number of aliphatic hydroxyl groups is 1. The van der Waals surface area contributed by atoms with Crippen molar-refractivity contribution in [2.45, 2.75) is 38.9 Å². The maximum absolute atomic E-state index is 10.2. The van der Waals surface area contributed by atoms with Gasteiger partial charge in [0.15, 0.2) is 0 Å². The normalized spacial score (nSPS) is 26.1. The molecule has 1 aromatic rings. The lowest BCUT2D eigenvalue weighted by Gasteiger charge is -2.21. The molecule has 0 aromatic heterocycles. The lowest BCUT2D eigenvalue weighted by Crippen LogP contribution is -2.31. The van der Waals surface area contributed by atoms with Crippen molar-refractivity contribution in [3.8, 4) is 0 Å². The first kappa shape index (κ1) is 12.9. The molecule has 2 rings (SSSR count). The van der Waals surface area contributed by atoms with E-state index in [1.165, 1.54) is 0 Å². The molecule has 1 aliphatic heterocycles. The van der Waals surface area contributed by atoms with E-state index in [-0.39, 0.29) is 6.10 Å². The Morgan fingerprint density at radius 2 is 2.29 bits per heavy atom. The van der Waals surface area contributed by atoms with E-state index in [1.54, 1.807) is 0 Å². The Hall–Kier alpha value is -0.570. The highest BCUT2D eigenvalue weighted by Gasteiger charge is 2.31. The smallest absolute Gasteiger partial charge is 0.0863 e. The van der Waals surface area contributed by atoms with Crippen LogP contribution < -0.4 is 0 Å². The summed E-state index contributed by atoms with van der Waals surface area (Å²) in [6, 6.07) is 5.94. The average molecular weight is 255 g/mol.